The number of ether oxygens (including phenoxy) is 6. The summed E-state index contributed by atoms with van der Waals surface area (Å²) in [6, 6.07) is 2.74. The predicted molar refractivity (Wildman–Crippen MR) is 161 cm³/mol. The van der Waals surface area contributed by atoms with Gasteiger partial charge in [0.15, 0.2) is 42.1 Å². The standard InChI is InChI=1S/C28H32N5O15P/c1-3-40-20(35)10-42-16-6-14-13(5-19(34)46-15(14)7-17(16)43-11-21(36)41-4-2)8-44-49(39)45-9-18-24(48-49)23(37)27(47-18)33-12-30-22-25(33)31-28(29)32-26(22)38/h6-7,12-13,18,23-24,27,37H,3-5,8-11H2,1-2H3,(H3,29,31,32,38). The Labute approximate surface area is 276 Å². The number of aliphatic hydroxyl groups excluding tert-OH is 1. The van der Waals surface area contributed by atoms with Crippen molar-refractivity contribution in [1.29, 1.82) is 0 Å². The van der Waals surface area contributed by atoms with E-state index in [4.69, 9.17) is 47.7 Å². The van der Waals surface area contributed by atoms with E-state index in [1.807, 2.05) is 0 Å². The lowest BCUT2D eigenvalue weighted by Crippen LogP contribution is -2.39. The SMILES string of the molecule is CCOC(=O)COc1cc2c(cc1OCC(=O)OCC)C(COP1(=O)OCC3OC(n4cnc5c(=O)[nH]c(N)nc54)C(O)C3O1)CC(=O)O2. The molecule has 2 saturated heterocycles. The highest BCUT2D eigenvalue weighted by molar-refractivity contribution is 7.48. The molecule has 6 unspecified atom stereocenters. The summed E-state index contributed by atoms with van der Waals surface area (Å²) in [7, 11) is -4.35. The van der Waals surface area contributed by atoms with Crippen molar-refractivity contribution in [3.05, 3.63) is 34.4 Å². The first-order valence-corrected chi connectivity index (χ1v) is 16.5. The van der Waals surface area contributed by atoms with Crippen LogP contribution >= 0.6 is 7.82 Å². The minimum absolute atomic E-state index is 0.0150. The van der Waals surface area contributed by atoms with Crippen LogP contribution in [0.25, 0.3) is 11.2 Å². The van der Waals surface area contributed by atoms with Crippen LogP contribution in [0.2, 0.25) is 0 Å². The molecule has 1 aromatic carbocycles. The van der Waals surface area contributed by atoms with Gasteiger partial charge in [-0.15, -0.1) is 0 Å². The summed E-state index contributed by atoms with van der Waals surface area (Å²) >= 11 is 0. The highest BCUT2D eigenvalue weighted by Gasteiger charge is 2.54. The summed E-state index contributed by atoms with van der Waals surface area (Å²) in [6.07, 6.45) is -3.63. The molecule has 3 aromatic rings. The summed E-state index contributed by atoms with van der Waals surface area (Å²) in [5.41, 5.74) is 5.46. The van der Waals surface area contributed by atoms with Gasteiger partial charge in [-0.3, -0.25) is 32.7 Å². The van der Waals surface area contributed by atoms with Gasteiger partial charge >= 0.3 is 25.7 Å². The van der Waals surface area contributed by atoms with Crippen molar-refractivity contribution >= 4 is 42.8 Å². The molecule has 6 rings (SSSR count). The minimum atomic E-state index is -4.35. The van der Waals surface area contributed by atoms with Gasteiger partial charge in [0, 0.05) is 17.5 Å². The molecule has 0 aliphatic carbocycles. The van der Waals surface area contributed by atoms with Crippen molar-refractivity contribution in [2.45, 2.75) is 50.7 Å². The second-order valence-electron chi connectivity index (χ2n) is 10.8. The number of aromatic nitrogens is 4. The Balaban J connectivity index is 1.18. The van der Waals surface area contributed by atoms with Crippen molar-refractivity contribution in [1.82, 2.24) is 19.5 Å². The molecule has 2 aromatic heterocycles. The number of aliphatic hydroxyl groups is 1. The number of carbonyl (C=O) groups excluding carboxylic acids is 3. The van der Waals surface area contributed by atoms with Crippen molar-refractivity contribution < 1.29 is 66.0 Å². The lowest BCUT2D eigenvalue weighted by molar-refractivity contribution is -0.146. The molecular weight excluding hydrogens is 677 g/mol. The number of hydrogen-bond acceptors (Lipinski definition) is 18. The number of benzene rings is 1. The van der Waals surface area contributed by atoms with Crippen LogP contribution in [0.3, 0.4) is 0 Å². The monoisotopic (exact) mass is 709 g/mol. The smallest absolute Gasteiger partial charge is 0.475 e. The van der Waals surface area contributed by atoms with Crippen LogP contribution in [0.5, 0.6) is 17.2 Å². The Kier molecular flexibility index (Phi) is 9.87. The van der Waals surface area contributed by atoms with E-state index >= 15 is 0 Å². The van der Waals surface area contributed by atoms with E-state index in [1.54, 1.807) is 13.8 Å². The largest absolute Gasteiger partial charge is 0.478 e. The normalized spacial score (nSPS) is 26.0. The number of anilines is 1. The Morgan fingerprint density at radius 1 is 1.12 bits per heavy atom. The van der Waals surface area contributed by atoms with E-state index in [1.165, 1.54) is 23.0 Å². The second-order valence-corrected chi connectivity index (χ2v) is 12.5. The number of phosphoric ester groups is 1. The average Bonchev–Trinajstić information content (AvgIpc) is 3.62. The number of aromatic amines is 1. The Hall–Kier alpha value is -4.59. The van der Waals surface area contributed by atoms with Gasteiger partial charge in [-0.2, -0.15) is 4.98 Å². The molecule has 3 aliphatic rings. The predicted octanol–water partition coefficient (Wildman–Crippen LogP) is 0.477. The van der Waals surface area contributed by atoms with Gasteiger partial charge in [0.2, 0.25) is 5.95 Å². The van der Waals surface area contributed by atoms with Crippen LogP contribution in [0.1, 0.15) is 38.0 Å². The van der Waals surface area contributed by atoms with Crippen molar-refractivity contribution in [3.63, 3.8) is 0 Å². The molecule has 5 heterocycles. The number of hydrogen-bond donors (Lipinski definition) is 3. The molecule has 49 heavy (non-hydrogen) atoms. The lowest BCUT2D eigenvalue weighted by Gasteiger charge is -2.32. The molecule has 0 bridgehead atoms. The molecule has 0 saturated carbocycles. The number of nitrogens with two attached hydrogens (primary N) is 1. The molecule has 264 valence electrons. The van der Waals surface area contributed by atoms with Crippen LogP contribution in [0, 0.1) is 0 Å². The van der Waals surface area contributed by atoms with Crippen LogP contribution in [0.4, 0.5) is 5.95 Å². The van der Waals surface area contributed by atoms with Gasteiger partial charge in [0.05, 0.1) is 39.2 Å². The van der Waals surface area contributed by atoms with E-state index in [2.05, 4.69) is 15.0 Å². The number of H-pyrrole nitrogens is 1. The number of carbonyl (C=O) groups is 3. The van der Waals surface area contributed by atoms with E-state index in [-0.39, 0.29) is 67.2 Å². The van der Waals surface area contributed by atoms with Gasteiger partial charge in [-0.25, -0.2) is 19.1 Å². The van der Waals surface area contributed by atoms with Crippen molar-refractivity contribution in [2.75, 3.05) is 45.4 Å². The zero-order chi connectivity index (χ0) is 34.9. The summed E-state index contributed by atoms with van der Waals surface area (Å²) in [4.78, 5) is 59.1. The maximum Gasteiger partial charge on any atom is 0.475 e. The zero-order valence-corrected chi connectivity index (χ0v) is 27.0. The number of nitrogens with zero attached hydrogens (tertiary/aromatic N) is 3. The molecule has 0 spiro atoms. The maximum atomic E-state index is 13.6. The molecule has 3 aliphatic heterocycles. The Bertz CT molecular complexity index is 1860. The first-order chi connectivity index (χ1) is 23.5. The maximum absolute atomic E-state index is 13.6. The fraction of sp³-hybridized carbons (Fsp3) is 0.500. The second kappa shape index (κ2) is 14.1. The molecule has 2 fully saturated rings. The van der Waals surface area contributed by atoms with Crippen LogP contribution in [0.15, 0.2) is 23.3 Å². The highest BCUT2D eigenvalue weighted by atomic mass is 31.2. The molecule has 4 N–H and O–H groups in total. The number of nitrogen functional groups attached to an aromatic ring is 1. The van der Waals surface area contributed by atoms with Crippen LogP contribution < -0.4 is 25.5 Å². The highest BCUT2D eigenvalue weighted by Crippen LogP contribution is 2.57. The lowest BCUT2D eigenvalue weighted by atomic mass is 9.93. The fourth-order valence-corrected chi connectivity index (χ4v) is 6.88. The molecule has 0 radical (unpaired) electrons. The van der Waals surface area contributed by atoms with E-state index in [9.17, 15) is 28.8 Å². The zero-order valence-electron chi connectivity index (χ0n) is 26.1. The van der Waals surface area contributed by atoms with E-state index in [0.29, 0.717) is 5.56 Å². The summed E-state index contributed by atoms with van der Waals surface area (Å²) in [6.45, 7) is 1.83. The van der Waals surface area contributed by atoms with Crippen molar-refractivity contribution in [2.24, 2.45) is 0 Å². The summed E-state index contributed by atoms with van der Waals surface area (Å²) < 4.78 is 63.9. The summed E-state index contributed by atoms with van der Waals surface area (Å²) in [5, 5.41) is 11.1. The van der Waals surface area contributed by atoms with Gasteiger partial charge in [0.25, 0.3) is 5.56 Å². The number of nitrogens with one attached hydrogen (secondary N) is 1. The average molecular weight is 710 g/mol. The topological polar surface area (TPSA) is 261 Å². The van der Waals surface area contributed by atoms with Gasteiger partial charge in [-0.05, 0) is 19.9 Å². The number of rotatable bonds is 12. The van der Waals surface area contributed by atoms with Crippen LogP contribution in [-0.4, -0.2) is 100 Å². The minimum Gasteiger partial charge on any atom is -0.478 e. The molecule has 21 heteroatoms. The quantitative estimate of drug-likeness (QED) is 0.131. The third-order valence-corrected chi connectivity index (χ3v) is 9.00. The number of imidazole rings is 1. The van der Waals surface area contributed by atoms with Gasteiger partial charge in [0.1, 0.15) is 24.1 Å². The molecule has 20 nitrogen and oxygen atoms in total. The molecule has 6 atom stereocenters. The first-order valence-electron chi connectivity index (χ1n) is 15.1. The molecular formula is C28H32N5O15P. The Morgan fingerprint density at radius 3 is 2.51 bits per heavy atom. The molecule has 0 amide bonds. The third kappa shape index (κ3) is 7.24. The van der Waals surface area contributed by atoms with Gasteiger partial charge < -0.3 is 39.3 Å². The van der Waals surface area contributed by atoms with Crippen LogP contribution in [-0.2, 0) is 46.7 Å². The number of esters is 3. The Morgan fingerprint density at radius 2 is 1.82 bits per heavy atom. The third-order valence-electron chi connectivity index (χ3n) is 7.57. The summed E-state index contributed by atoms with van der Waals surface area (Å²) in [5.74, 6) is -2.90. The fourth-order valence-electron chi connectivity index (χ4n) is 5.43. The van der Waals surface area contributed by atoms with E-state index < -0.39 is 75.0 Å². The number of fused-ring (bicyclic) bond motifs is 3. The van der Waals surface area contributed by atoms with Gasteiger partial charge in [-0.1, -0.05) is 0 Å². The van der Waals surface area contributed by atoms with E-state index in [0.717, 1.165) is 0 Å². The van der Waals surface area contributed by atoms with Crippen molar-refractivity contribution in [3.8, 4) is 17.2 Å². The number of phosphoric acid groups is 1. The first kappa shape index (κ1) is 34.3.